The number of anilines is 1. The fraction of sp³-hybridized carbons (Fsp3) is 0.300. The van der Waals surface area contributed by atoms with Crippen molar-refractivity contribution in [3.8, 4) is 5.75 Å². The average molecular weight is 177 g/mol. The van der Waals surface area contributed by atoms with Gasteiger partial charge in [-0.05, 0) is 18.6 Å². The van der Waals surface area contributed by atoms with Gasteiger partial charge in [-0.1, -0.05) is 6.07 Å². The van der Waals surface area contributed by atoms with E-state index in [0.717, 1.165) is 5.56 Å². The molecule has 0 fully saturated rings. The molecule has 2 rings (SSSR count). The molecule has 2 N–H and O–H groups in total. The number of hydrogen-bond donors (Lipinski definition) is 1. The van der Waals surface area contributed by atoms with E-state index in [4.69, 9.17) is 10.5 Å². The Morgan fingerprint density at radius 2 is 2.23 bits per heavy atom. The zero-order valence-electron chi connectivity index (χ0n) is 7.46. The summed E-state index contributed by atoms with van der Waals surface area (Å²) in [5.41, 5.74) is 7.75. The molecule has 0 saturated carbocycles. The fourth-order valence-corrected chi connectivity index (χ4v) is 1.55. The standard InChI is InChI=1S/C10H11NO2/c1-6-2-3-7(11)9-8(12)4-5-13-10(6)9/h2-3H,4-5,11H2,1H3. The highest BCUT2D eigenvalue weighted by molar-refractivity contribution is 6.04. The number of fused-ring (bicyclic) bond motifs is 1. The maximum Gasteiger partial charge on any atom is 0.172 e. The quantitative estimate of drug-likeness (QED) is 0.611. The average Bonchev–Trinajstić information content (AvgIpc) is 2.12. The number of carbonyl (C=O) groups excluding carboxylic acids is 1. The van der Waals surface area contributed by atoms with Gasteiger partial charge in [-0.2, -0.15) is 0 Å². The molecule has 1 aliphatic rings. The molecule has 1 aliphatic heterocycles. The highest BCUT2D eigenvalue weighted by atomic mass is 16.5. The summed E-state index contributed by atoms with van der Waals surface area (Å²) < 4.78 is 5.40. The molecular formula is C10H11NO2. The SMILES string of the molecule is Cc1ccc(N)c2c1OCCC2=O. The molecule has 0 atom stereocenters. The van der Waals surface area contributed by atoms with Gasteiger partial charge in [0.2, 0.25) is 0 Å². The molecule has 0 aliphatic carbocycles. The Labute approximate surface area is 76.5 Å². The summed E-state index contributed by atoms with van der Waals surface area (Å²) in [7, 11) is 0. The van der Waals surface area contributed by atoms with E-state index in [-0.39, 0.29) is 5.78 Å². The molecule has 1 aromatic carbocycles. The van der Waals surface area contributed by atoms with Gasteiger partial charge in [0.1, 0.15) is 5.75 Å². The van der Waals surface area contributed by atoms with Crippen LogP contribution in [0.5, 0.6) is 5.75 Å². The van der Waals surface area contributed by atoms with Gasteiger partial charge in [-0.25, -0.2) is 0 Å². The van der Waals surface area contributed by atoms with Crippen molar-refractivity contribution in [1.29, 1.82) is 0 Å². The third-order valence-corrected chi connectivity index (χ3v) is 2.24. The van der Waals surface area contributed by atoms with Gasteiger partial charge in [0.05, 0.1) is 12.2 Å². The zero-order chi connectivity index (χ0) is 9.42. The van der Waals surface area contributed by atoms with Crippen LogP contribution in [0, 0.1) is 6.92 Å². The Balaban J connectivity index is 2.67. The van der Waals surface area contributed by atoms with Crippen LogP contribution in [0.1, 0.15) is 22.3 Å². The number of nitrogen functional groups attached to an aromatic ring is 1. The Morgan fingerprint density at radius 3 is 2.92 bits per heavy atom. The van der Waals surface area contributed by atoms with Gasteiger partial charge in [0.25, 0.3) is 0 Å². The second kappa shape index (κ2) is 2.76. The highest BCUT2D eigenvalue weighted by Crippen LogP contribution is 2.32. The third-order valence-electron chi connectivity index (χ3n) is 2.24. The van der Waals surface area contributed by atoms with Crippen molar-refractivity contribution in [2.75, 3.05) is 12.3 Å². The smallest absolute Gasteiger partial charge is 0.172 e. The van der Waals surface area contributed by atoms with Crippen LogP contribution >= 0.6 is 0 Å². The molecule has 0 bridgehead atoms. The molecule has 0 aromatic heterocycles. The van der Waals surface area contributed by atoms with Crippen LogP contribution in [0.25, 0.3) is 0 Å². The van der Waals surface area contributed by atoms with E-state index in [9.17, 15) is 4.79 Å². The van der Waals surface area contributed by atoms with E-state index in [1.54, 1.807) is 6.07 Å². The van der Waals surface area contributed by atoms with Crippen molar-refractivity contribution < 1.29 is 9.53 Å². The van der Waals surface area contributed by atoms with E-state index in [0.29, 0.717) is 30.0 Å². The Kier molecular flexibility index (Phi) is 1.72. The summed E-state index contributed by atoms with van der Waals surface area (Å²) in [6.07, 6.45) is 0.431. The lowest BCUT2D eigenvalue weighted by molar-refractivity contribution is 0.0934. The predicted octanol–water partition coefficient (Wildman–Crippen LogP) is 1.54. The van der Waals surface area contributed by atoms with Crippen LogP contribution in [-0.4, -0.2) is 12.4 Å². The summed E-state index contributed by atoms with van der Waals surface area (Å²) in [6, 6.07) is 3.62. The zero-order valence-corrected chi connectivity index (χ0v) is 7.46. The van der Waals surface area contributed by atoms with E-state index in [1.165, 1.54) is 0 Å². The number of ether oxygens (including phenoxy) is 1. The van der Waals surface area contributed by atoms with Gasteiger partial charge in [-0.3, -0.25) is 4.79 Å². The van der Waals surface area contributed by atoms with E-state index in [1.807, 2.05) is 13.0 Å². The van der Waals surface area contributed by atoms with Crippen molar-refractivity contribution in [1.82, 2.24) is 0 Å². The molecule has 0 saturated heterocycles. The first-order valence-electron chi connectivity index (χ1n) is 4.25. The monoisotopic (exact) mass is 177 g/mol. The van der Waals surface area contributed by atoms with Crippen LogP contribution < -0.4 is 10.5 Å². The first-order chi connectivity index (χ1) is 6.20. The molecule has 1 heterocycles. The lowest BCUT2D eigenvalue weighted by atomic mass is 10.00. The number of carbonyl (C=O) groups is 1. The lowest BCUT2D eigenvalue weighted by Crippen LogP contribution is -2.17. The second-order valence-electron chi connectivity index (χ2n) is 3.20. The van der Waals surface area contributed by atoms with Gasteiger partial charge >= 0.3 is 0 Å². The first kappa shape index (κ1) is 8.10. The van der Waals surface area contributed by atoms with Gasteiger partial charge in [-0.15, -0.1) is 0 Å². The third kappa shape index (κ3) is 1.16. The second-order valence-corrected chi connectivity index (χ2v) is 3.20. The Bertz CT molecular complexity index is 371. The van der Waals surface area contributed by atoms with Gasteiger partial charge in [0, 0.05) is 12.1 Å². The molecule has 0 amide bonds. The summed E-state index contributed by atoms with van der Waals surface area (Å²) in [6.45, 7) is 2.38. The van der Waals surface area contributed by atoms with E-state index >= 15 is 0 Å². The minimum Gasteiger partial charge on any atom is -0.492 e. The fourth-order valence-electron chi connectivity index (χ4n) is 1.55. The number of Topliss-reactive ketones (excluding diaryl/α,β-unsaturated/α-hetero) is 1. The molecule has 0 radical (unpaired) electrons. The molecule has 13 heavy (non-hydrogen) atoms. The number of benzene rings is 1. The van der Waals surface area contributed by atoms with Gasteiger partial charge < -0.3 is 10.5 Å². The van der Waals surface area contributed by atoms with Crippen molar-refractivity contribution in [3.05, 3.63) is 23.3 Å². The Hall–Kier alpha value is -1.51. The van der Waals surface area contributed by atoms with E-state index < -0.39 is 0 Å². The van der Waals surface area contributed by atoms with Crippen LogP contribution in [0.15, 0.2) is 12.1 Å². The number of aryl methyl sites for hydroxylation is 1. The van der Waals surface area contributed by atoms with Crippen molar-refractivity contribution in [3.63, 3.8) is 0 Å². The minimum absolute atomic E-state index is 0.0856. The summed E-state index contributed by atoms with van der Waals surface area (Å²) in [5.74, 6) is 0.749. The predicted molar refractivity (Wildman–Crippen MR) is 50.0 cm³/mol. The molecule has 0 unspecified atom stereocenters. The van der Waals surface area contributed by atoms with Crippen LogP contribution in [0.2, 0.25) is 0 Å². The van der Waals surface area contributed by atoms with Crippen LogP contribution in [0.4, 0.5) is 5.69 Å². The van der Waals surface area contributed by atoms with Crippen molar-refractivity contribution >= 4 is 11.5 Å². The maximum absolute atomic E-state index is 11.5. The lowest BCUT2D eigenvalue weighted by Gasteiger charge is -2.19. The highest BCUT2D eigenvalue weighted by Gasteiger charge is 2.22. The van der Waals surface area contributed by atoms with Gasteiger partial charge in [0.15, 0.2) is 5.78 Å². The first-order valence-corrected chi connectivity index (χ1v) is 4.25. The molecule has 0 spiro atoms. The van der Waals surface area contributed by atoms with Crippen LogP contribution in [-0.2, 0) is 0 Å². The normalized spacial score (nSPS) is 15.0. The van der Waals surface area contributed by atoms with E-state index in [2.05, 4.69) is 0 Å². The summed E-state index contributed by atoms with van der Waals surface area (Å²) in [5, 5.41) is 0. The minimum atomic E-state index is 0.0856. The molecule has 68 valence electrons. The molecular weight excluding hydrogens is 166 g/mol. The molecule has 1 aromatic rings. The van der Waals surface area contributed by atoms with Crippen LogP contribution in [0.3, 0.4) is 0 Å². The number of ketones is 1. The summed E-state index contributed by atoms with van der Waals surface area (Å²) >= 11 is 0. The topological polar surface area (TPSA) is 52.3 Å². The number of rotatable bonds is 0. The number of nitrogens with two attached hydrogens (primary N) is 1. The summed E-state index contributed by atoms with van der Waals surface area (Å²) in [4.78, 5) is 11.5. The molecule has 3 heteroatoms. The Morgan fingerprint density at radius 1 is 1.46 bits per heavy atom. The largest absolute Gasteiger partial charge is 0.492 e. The maximum atomic E-state index is 11.5. The molecule has 3 nitrogen and oxygen atoms in total. The number of hydrogen-bond acceptors (Lipinski definition) is 3. The van der Waals surface area contributed by atoms with Crippen molar-refractivity contribution in [2.45, 2.75) is 13.3 Å². The van der Waals surface area contributed by atoms with Crippen molar-refractivity contribution in [2.24, 2.45) is 0 Å².